The highest BCUT2D eigenvalue weighted by atomic mass is 16.6. The van der Waals surface area contributed by atoms with Crippen molar-refractivity contribution < 1.29 is 23.9 Å². The van der Waals surface area contributed by atoms with E-state index < -0.39 is 12.2 Å². The molecule has 1 heterocycles. The van der Waals surface area contributed by atoms with E-state index in [1.54, 1.807) is 13.0 Å². The largest absolute Gasteiger partial charge is 0.462 e. The number of hydrogen-bond donors (Lipinski definition) is 0. The number of carbonyl (C=O) groups is 3. The van der Waals surface area contributed by atoms with E-state index in [1.165, 1.54) is 0 Å². The Balaban J connectivity index is 2.05. The van der Waals surface area contributed by atoms with Gasteiger partial charge in [-0.2, -0.15) is 0 Å². The summed E-state index contributed by atoms with van der Waals surface area (Å²) in [6.07, 6.45) is 1.55. The van der Waals surface area contributed by atoms with Gasteiger partial charge in [0.1, 0.15) is 12.2 Å². The summed E-state index contributed by atoms with van der Waals surface area (Å²) in [5, 5.41) is 0. The van der Waals surface area contributed by atoms with Crippen LogP contribution in [-0.4, -0.2) is 29.9 Å². The maximum atomic E-state index is 12.3. The molecule has 0 aromatic carbocycles. The topological polar surface area (TPSA) is 69.7 Å². The fourth-order valence-electron chi connectivity index (χ4n) is 4.16. The van der Waals surface area contributed by atoms with Crippen LogP contribution in [-0.2, 0) is 23.9 Å². The third-order valence-electron chi connectivity index (χ3n) is 5.30. The predicted octanol–water partition coefficient (Wildman–Crippen LogP) is 2.35. The number of esters is 2. The van der Waals surface area contributed by atoms with Gasteiger partial charge < -0.3 is 9.47 Å². The lowest BCUT2D eigenvalue weighted by Gasteiger charge is -2.29. The Hall–Kier alpha value is -1.91. The first-order valence-electron chi connectivity index (χ1n) is 8.17. The summed E-state index contributed by atoms with van der Waals surface area (Å²) in [5.41, 5.74) is 2.57. The van der Waals surface area contributed by atoms with Crippen LogP contribution in [0, 0.1) is 17.8 Å². The van der Waals surface area contributed by atoms with E-state index in [0.717, 1.165) is 16.7 Å². The highest BCUT2D eigenvalue weighted by Crippen LogP contribution is 2.48. The highest BCUT2D eigenvalue weighted by Gasteiger charge is 2.55. The van der Waals surface area contributed by atoms with Crippen LogP contribution in [0.15, 0.2) is 22.8 Å². The maximum Gasteiger partial charge on any atom is 0.309 e. The van der Waals surface area contributed by atoms with Crippen molar-refractivity contribution in [3.8, 4) is 0 Å². The van der Waals surface area contributed by atoms with Gasteiger partial charge in [-0.15, -0.1) is 0 Å². The zero-order valence-electron chi connectivity index (χ0n) is 13.9. The molecule has 5 heteroatoms. The molecular formula is C18H22O5. The molecular weight excluding hydrogens is 296 g/mol. The number of rotatable bonds is 2. The van der Waals surface area contributed by atoms with Crippen LogP contribution in [0.3, 0.4) is 0 Å². The molecule has 3 rings (SSSR count). The van der Waals surface area contributed by atoms with Crippen molar-refractivity contribution >= 4 is 17.7 Å². The van der Waals surface area contributed by atoms with Crippen molar-refractivity contribution in [2.24, 2.45) is 17.8 Å². The Bertz CT molecular complexity index is 642. The minimum Gasteiger partial charge on any atom is -0.462 e. The quantitative estimate of drug-likeness (QED) is 0.731. The average Bonchev–Trinajstić information content (AvgIpc) is 2.89. The molecule has 5 atom stereocenters. The Labute approximate surface area is 135 Å². The first-order valence-corrected chi connectivity index (χ1v) is 8.17. The molecule has 1 fully saturated rings. The Kier molecular flexibility index (Phi) is 3.90. The zero-order valence-corrected chi connectivity index (χ0v) is 13.9. The van der Waals surface area contributed by atoms with E-state index in [-0.39, 0.29) is 41.9 Å². The van der Waals surface area contributed by atoms with E-state index >= 15 is 0 Å². The average molecular weight is 318 g/mol. The van der Waals surface area contributed by atoms with Crippen LogP contribution < -0.4 is 0 Å². The fourth-order valence-corrected chi connectivity index (χ4v) is 4.16. The summed E-state index contributed by atoms with van der Waals surface area (Å²) in [7, 11) is 0. The molecule has 2 aliphatic carbocycles. The van der Waals surface area contributed by atoms with Crippen molar-refractivity contribution in [3.63, 3.8) is 0 Å². The molecule has 0 amide bonds. The van der Waals surface area contributed by atoms with Crippen LogP contribution in [0.25, 0.3) is 0 Å². The van der Waals surface area contributed by atoms with Crippen LogP contribution in [0.2, 0.25) is 0 Å². The van der Waals surface area contributed by atoms with Gasteiger partial charge in [0, 0.05) is 30.3 Å². The number of hydrogen-bond acceptors (Lipinski definition) is 5. The monoisotopic (exact) mass is 318 g/mol. The molecule has 1 aliphatic heterocycles. The highest BCUT2D eigenvalue weighted by molar-refractivity contribution is 6.09. The van der Waals surface area contributed by atoms with E-state index in [9.17, 15) is 14.4 Å². The van der Waals surface area contributed by atoms with Gasteiger partial charge in [-0.05, 0) is 19.9 Å². The van der Waals surface area contributed by atoms with Gasteiger partial charge in [0.15, 0.2) is 5.78 Å². The van der Waals surface area contributed by atoms with Crippen molar-refractivity contribution in [2.45, 2.75) is 52.7 Å². The number of ether oxygens (including phenoxy) is 2. The molecule has 0 aromatic rings. The maximum absolute atomic E-state index is 12.3. The summed E-state index contributed by atoms with van der Waals surface area (Å²) in [6.45, 7) is 7.37. The first kappa shape index (κ1) is 16.0. The summed E-state index contributed by atoms with van der Waals surface area (Å²) in [6, 6.07) is 0. The van der Waals surface area contributed by atoms with Crippen molar-refractivity contribution in [1.82, 2.24) is 0 Å². The molecule has 0 aromatic heterocycles. The van der Waals surface area contributed by atoms with Gasteiger partial charge in [0.2, 0.25) is 0 Å². The second-order valence-electron chi connectivity index (χ2n) is 6.78. The van der Waals surface area contributed by atoms with Gasteiger partial charge in [-0.1, -0.05) is 25.0 Å². The second kappa shape index (κ2) is 5.62. The third kappa shape index (κ3) is 2.42. The molecule has 0 bridgehead atoms. The number of fused-ring (bicyclic) bond motifs is 3. The SMILES string of the molecule is CCC(=O)O[C@H]1CC(C)=C2C(=O)C=C(C)[C@H]2[C@H]2OC(=O)[C@@H](C)[C@@H]21. The molecule has 5 nitrogen and oxygen atoms in total. The lowest BCUT2D eigenvalue weighted by Crippen LogP contribution is -2.37. The predicted molar refractivity (Wildman–Crippen MR) is 82.3 cm³/mol. The van der Waals surface area contributed by atoms with Gasteiger partial charge >= 0.3 is 11.9 Å². The van der Waals surface area contributed by atoms with Gasteiger partial charge in [-0.3, -0.25) is 14.4 Å². The molecule has 0 unspecified atom stereocenters. The normalized spacial score (nSPS) is 36.2. The van der Waals surface area contributed by atoms with E-state index in [0.29, 0.717) is 6.42 Å². The van der Waals surface area contributed by atoms with Gasteiger partial charge in [-0.25, -0.2) is 0 Å². The second-order valence-corrected chi connectivity index (χ2v) is 6.78. The van der Waals surface area contributed by atoms with Crippen molar-refractivity contribution in [1.29, 1.82) is 0 Å². The fraction of sp³-hybridized carbons (Fsp3) is 0.611. The summed E-state index contributed by atoms with van der Waals surface area (Å²) >= 11 is 0. The molecule has 124 valence electrons. The molecule has 3 aliphatic rings. The molecule has 0 spiro atoms. The molecule has 0 radical (unpaired) electrons. The summed E-state index contributed by atoms with van der Waals surface area (Å²) < 4.78 is 11.2. The Morgan fingerprint density at radius 1 is 1.35 bits per heavy atom. The lowest BCUT2D eigenvalue weighted by molar-refractivity contribution is -0.153. The molecule has 1 saturated heterocycles. The van der Waals surface area contributed by atoms with E-state index in [1.807, 2.05) is 20.8 Å². The molecule has 0 N–H and O–H groups in total. The summed E-state index contributed by atoms with van der Waals surface area (Å²) in [5.74, 6) is -1.34. The number of carbonyl (C=O) groups excluding carboxylic acids is 3. The molecule has 0 saturated carbocycles. The smallest absolute Gasteiger partial charge is 0.309 e. The lowest BCUT2D eigenvalue weighted by atomic mass is 9.79. The number of allylic oxidation sites excluding steroid dienone is 1. The molecule has 23 heavy (non-hydrogen) atoms. The van der Waals surface area contributed by atoms with Crippen LogP contribution >= 0.6 is 0 Å². The standard InChI is InChI=1S/C18H22O5/c1-5-13(20)22-12-7-9(3)14-11(19)6-8(2)15(14)17-16(12)10(4)18(21)23-17/h6,10,12,15-17H,5,7H2,1-4H3/t10-,12-,15+,16+,17+/m0/s1. The van der Waals surface area contributed by atoms with Crippen LogP contribution in [0.1, 0.15) is 40.5 Å². The van der Waals surface area contributed by atoms with Crippen molar-refractivity contribution in [2.75, 3.05) is 0 Å². The minimum atomic E-state index is -0.428. The van der Waals surface area contributed by atoms with Crippen LogP contribution in [0.5, 0.6) is 0 Å². The Morgan fingerprint density at radius 2 is 2.04 bits per heavy atom. The van der Waals surface area contributed by atoms with Gasteiger partial charge in [0.25, 0.3) is 0 Å². The third-order valence-corrected chi connectivity index (χ3v) is 5.30. The van der Waals surface area contributed by atoms with E-state index in [2.05, 4.69) is 0 Å². The van der Waals surface area contributed by atoms with Crippen LogP contribution in [0.4, 0.5) is 0 Å². The van der Waals surface area contributed by atoms with Gasteiger partial charge in [0.05, 0.1) is 5.92 Å². The Morgan fingerprint density at radius 3 is 2.70 bits per heavy atom. The summed E-state index contributed by atoms with van der Waals surface area (Å²) in [4.78, 5) is 36.3. The minimum absolute atomic E-state index is 0.0122. The van der Waals surface area contributed by atoms with Crippen molar-refractivity contribution in [3.05, 3.63) is 22.8 Å². The van der Waals surface area contributed by atoms with E-state index in [4.69, 9.17) is 9.47 Å². The number of ketones is 1. The first-order chi connectivity index (χ1) is 10.8. The zero-order chi connectivity index (χ0) is 16.9.